The van der Waals surface area contributed by atoms with Crippen molar-refractivity contribution in [1.29, 1.82) is 0 Å². The van der Waals surface area contributed by atoms with Crippen molar-refractivity contribution in [3.8, 4) is 33.0 Å². The number of carbonyl (C=O) groups is 2. The van der Waals surface area contributed by atoms with Gasteiger partial charge in [0.1, 0.15) is 17.5 Å². The smallest absolute Gasteiger partial charge is 0.257 e. The number of thiophene rings is 2. The minimum Gasteiger partial charge on any atom is -0.497 e. The molecule has 12 nitrogen and oxygen atoms in total. The van der Waals surface area contributed by atoms with Crippen LogP contribution in [0.25, 0.3) is 21.5 Å². The van der Waals surface area contributed by atoms with Gasteiger partial charge in [-0.3, -0.25) is 9.59 Å². The van der Waals surface area contributed by atoms with E-state index >= 15 is 0 Å². The van der Waals surface area contributed by atoms with Gasteiger partial charge in [0.15, 0.2) is 0 Å². The summed E-state index contributed by atoms with van der Waals surface area (Å²) in [5, 5.41) is 26.2. The number of hydrogen-bond donors (Lipinski definition) is 2. The fourth-order valence-corrected chi connectivity index (χ4v) is 5.76. The van der Waals surface area contributed by atoms with E-state index in [0.29, 0.717) is 40.0 Å². The Balaban J connectivity index is 1.28. The van der Waals surface area contributed by atoms with Gasteiger partial charge < -0.3 is 28.9 Å². The highest BCUT2D eigenvalue weighted by Crippen LogP contribution is 2.31. The Morgan fingerprint density at radius 1 is 0.822 bits per heavy atom. The van der Waals surface area contributed by atoms with Gasteiger partial charge in [-0.25, -0.2) is 0 Å². The van der Waals surface area contributed by atoms with Crippen LogP contribution in [0, 0.1) is 6.92 Å². The summed E-state index contributed by atoms with van der Waals surface area (Å²) in [6, 6.07) is 16.7. The second-order valence-corrected chi connectivity index (χ2v) is 11.5. The van der Waals surface area contributed by atoms with Gasteiger partial charge in [-0.05, 0) is 59.1 Å². The number of nitrogens with one attached hydrogen (secondary N) is 2. The van der Waals surface area contributed by atoms with Gasteiger partial charge in [0, 0.05) is 11.6 Å². The maximum atomic E-state index is 13.6. The quantitative estimate of drug-likeness (QED) is 0.180. The van der Waals surface area contributed by atoms with Crippen molar-refractivity contribution in [3.63, 3.8) is 0 Å². The normalized spacial score (nSPS) is 11.6. The van der Waals surface area contributed by atoms with Crippen LogP contribution >= 0.6 is 22.7 Å². The number of aromatic nitrogens is 4. The van der Waals surface area contributed by atoms with Crippen LogP contribution in [0.1, 0.15) is 49.7 Å². The van der Waals surface area contributed by atoms with Gasteiger partial charge in [-0.15, -0.1) is 43.1 Å². The highest BCUT2D eigenvalue weighted by molar-refractivity contribution is 7.13. The first-order valence-electron chi connectivity index (χ1n) is 13.6. The zero-order valence-corrected chi connectivity index (χ0v) is 25.9. The molecule has 2 aromatic carbocycles. The molecule has 0 radical (unpaired) electrons. The summed E-state index contributed by atoms with van der Waals surface area (Å²) in [6.45, 7) is 1.85. The Morgan fingerprint density at radius 3 is 2.24 bits per heavy atom. The summed E-state index contributed by atoms with van der Waals surface area (Å²) >= 11 is 2.93. The van der Waals surface area contributed by atoms with Crippen LogP contribution in [-0.2, 0) is 6.54 Å². The minimum absolute atomic E-state index is 0.0339. The lowest BCUT2D eigenvalue weighted by Crippen LogP contribution is -2.30. The lowest BCUT2D eigenvalue weighted by molar-refractivity contribution is 0.0933. The fourth-order valence-electron chi connectivity index (χ4n) is 4.47. The fraction of sp³-hybridized carbons (Fsp3) is 0.161. The van der Waals surface area contributed by atoms with E-state index in [2.05, 4.69) is 31.0 Å². The largest absolute Gasteiger partial charge is 0.497 e. The van der Waals surface area contributed by atoms with Crippen LogP contribution in [-0.4, -0.2) is 46.4 Å². The molecule has 6 rings (SSSR count). The topological polar surface area (TPSA) is 154 Å². The van der Waals surface area contributed by atoms with Crippen molar-refractivity contribution in [1.82, 2.24) is 31.0 Å². The molecule has 45 heavy (non-hydrogen) atoms. The predicted molar refractivity (Wildman–Crippen MR) is 166 cm³/mol. The van der Waals surface area contributed by atoms with Crippen LogP contribution in [0.15, 0.2) is 80.3 Å². The number of carbonyl (C=O) groups excluding carboxylic acids is 2. The zero-order valence-electron chi connectivity index (χ0n) is 24.3. The maximum absolute atomic E-state index is 13.6. The Bertz CT molecular complexity index is 1930. The summed E-state index contributed by atoms with van der Waals surface area (Å²) < 4.78 is 22.5. The molecular weight excluding hydrogens is 617 g/mol. The third-order valence-corrected chi connectivity index (χ3v) is 8.50. The molecule has 14 heteroatoms. The third-order valence-electron chi connectivity index (χ3n) is 6.79. The molecule has 0 saturated carbocycles. The summed E-state index contributed by atoms with van der Waals surface area (Å²) in [5.74, 6) is 1.15. The van der Waals surface area contributed by atoms with Crippen LogP contribution in [0.3, 0.4) is 0 Å². The zero-order chi connectivity index (χ0) is 31.3. The molecule has 6 aromatic rings. The second-order valence-electron chi connectivity index (χ2n) is 9.63. The summed E-state index contributed by atoms with van der Waals surface area (Å²) in [5.41, 5.74) is 1.91. The Hall–Kier alpha value is -5.34. The van der Waals surface area contributed by atoms with Crippen molar-refractivity contribution >= 4 is 34.5 Å². The molecular formula is C31H26N6O6S2. The van der Waals surface area contributed by atoms with Gasteiger partial charge in [-0.2, -0.15) is 0 Å². The molecule has 2 amide bonds. The average molecular weight is 643 g/mol. The molecule has 4 heterocycles. The second kappa shape index (κ2) is 13.1. The van der Waals surface area contributed by atoms with Crippen molar-refractivity contribution in [2.75, 3.05) is 14.2 Å². The molecule has 228 valence electrons. The summed E-state index contributed by atoms with van der Waals surface area (Å²) in [6.07, 6.45) is 0. The third kappa shape index (κ3) is 6.46. The monoisotopic (exact) mass is 642 g/mol. The molecule has 0 aliphatic rings. The maximum Gasteiger partial charge on any atom is 0.257 e. The SMILES string of the molecule is COc1ccc(C(=O)NC(c2ccc(C)c(C(=O)NCc3nnc(-c4cccs4)o3)c2)c2nnc(-c3cccs3)o2)c(OC)c1. The highest BCUT2D eigenvalue weighted by atomic mass is 32.1. The first kappa shape index (κ1) is 29.7. The van der Waals surface area contributed by atoms with E-state index in [1.165, 1.54) is 36.9 Å². The van der Waals surface area contributed by atoms with Crippen LogP contribution < -0.4 is 20.1 Å². The van der Waals surface area contributed by atoms with Gasteiger partial charge in [-0.1, -0.05) is 24.3 Å². The lowest BCUT2D eigenvalue weighted by Gasteiger charge is -2.18. The van der Waals surface area contributed by atoms with Crippen molar-refractivity contribution in [2.45, 2.75) is 19.5 Å². The summed E-state index contributed by atoms with van der Waals surface area (Å²) in [7, 11) is 3.00. The molecule has 0 fully saturated rings. The van der Waals surface area contributed by atoms with Crippen molar-refractivity contribution in [2.24, 2.45) is 0 Å². The molecule has 0 bridgehead atoms. The predicted octanol–water partition coefficient (Wildman–Crippen LogP) is 5.68. The van der Waals surface area contributed by atoms with E-state index < -0.39 is 11.9 Å². The van der Waals surface area contributed by atoms with Gasteiger partial charge in [0.25, 0.3) is 23.6 Å². The Kier molecular flexibility index (Phi) is 8.66. The Morgan fingerprint density at radius 2 is 1.56 bits per heavy atom. The van der Waals surface area contributed by atoms with Gasteiger partial charge in [0.2, 0.25) is 11.8 Å². The minimum atomic E-state index is -0.901. The van der Waals surface area contributed by atoms with E-state index in [1.807, 2.05) is 41.9 Å². The van der Waals surface area contributed by atoms with Crippen LogP contribution in [0.2, 0.25) is 0 Å². The lowest BCUT2D eigenvalue weighted by atomic mass is 9.99. The van der Waals surface area contributed by atoms with Gasteiger partial charge >= 0.3 is 0 Å². The van der Waals surface area contributed by atoms with Crippen molar-refractivity contribution < 1.29 is 27.9 Å². The number of methoxy groups -OCH3 is 2. The molecule has 4 aromatic heterocycles. The molecule has 2 N–H and O–H groups in total. The number of nitrogens with zero attached hydrogens (tertiary/aromatic N) is 4. The van der Waals surface area contributed by atoms with E-state index in [4.69, 9.17) is 18.3 Å². The average Bonchev–Trinajstić information content (AvgIpc) is 3.89. The first-order chi connectivity index (χ1) is 21.9. The number of amides is 2. The first-order valence-corrected chi connectivity index (χ1v) is 15.3. The number of aryl methyl sites for hydroxylation is 1. The van der Waals surface area contributed by atoms with Crippen LogP contribution in [0.4, 0.5) is 0 Å². The molecule has 1 unspecified atom stereocenters. The van der Waals surface area contributed by atoms with Crippen LogP contribution in [0.5, 0.6) is 11.5 Å². The van der Waals surface area contributed by atoms with E-state index in [1.54, 1.807) is 36.4 Å². The number of ether oxygens (including phenoxy) is 2. The number of benzene rings is 2. The van der Waals surface area contributed by atoms with Gasteiger partial charge in [0.05, 0.1) is 36.1 Å². The number of rotatable bonds is 11. The standard InChI is InChI=1S/C31H26N6O6S2/c1-17-8-9-18(14-21(17)27(38)32-16-25-34-35-29(42-25)23-6-4-12-44-23)26(31-37-36-30(43-31)24-7-5-13-45-24)33-28(39)20-11-10-19(40-2)15-22(20)41-3/h4-15,26H,16H2,1-3H3,(H,32,38)(H,33,39). The molecule has 0 saturated heterocycles. The molecule has 0 spiro atoms. The summed E-state index contributed by atoms with van der Waals surface area (Å²) in [4.78, 5) is 28.6. The molecule has 1 atom stereocenters. The van der Waals surface area contributed by atoms with E-state index in [-0.39, 0.29) is 29.8 Å². The Labute approximate surface area is 265 Å². The number of hydrogen-bond acceptors (Lipinski definition) is 12. The molecule has 0 aliphatic heterocycles. The molecule has 0 aliphatic carbocycles. The highest BCUT2D eigenvalue weighted by Gasteiger charge is 2.27. The van der Waals surface area contributed by atoms with Crippen molar-refractivity contribution in [3.05, 3.63) is 105 Å². The van der Waals surface area contributed by atoms with E-state index in [9.17, 15) is 9.59 Å². The van der Waals surface area contributed by atoms with E-state index in [0.717, 1.165) is 9.75 Å².